The zero-order valence-corrected chi connectivity index (χ0v) is 20.9. The van der Waals surface area contributed by atoms with Crippen molar-refractivity contribution in [3.63, 3.8) is 0 Å². The van der Waals surface area contributed by atoms with Crippen LogP contribution >= 0.6 is 24.8 Å². The molecule has 0 saturated carbocycles. The molecule has 0 unspecified atom stereocenters. The molecule has 9 heteroatoms. The first-order valence-corrected chi connectivity index (χ1v) is 11.0. The molecule has 0 spiro atoms. The Hall–Kier alpha value is -1.80. The van der Waals surface area contributed by atoms with Gasteiger partial charge in [-0.1, -0.05) is 13.0 Å². The van der Waals surface area contributed by atoms with E-state index in [0.717, 1.165) is 76.2 Å². The van der Waals surface area contributed by atoms with Crippen molar-refractivity contribution in [2.75, 3.05) is 57.9 Å². The fraction of sp³-hybridized carbons (Fsp3) is 0.565. The van der Waals surface area contributed by atoms with Crippen LogP contribution in [0.15, 0.2) is 24.4 Å². The van der Waals surface area contributed by atoms with Crippen LogP contribution in [0.4, 0.5) is 5.95 Å². The van der Waals surface area contributed by atoms with Crippen molar-refractivity contribution < 1.29 is 9.47 Å². The number of nitrogens with zero attached hydrogens (tertiary/aromatic N) is 5. The van der Waals surface area contributed by atoms with Crippen LogP contribution in [0.3, 0.4) is 0 Å². The van der Waals surface area contributed by atoms with Crippen LogP contribution in [0, 0.1) is 0 Å². The number of fused-ring (bicyclic) bond motifs is 1. The third-order valence-electron chi connectivity index (χ3n) is 6.04. The molecule has 0 bridgehead atoms. The van der Waals surface area contributed by atoms with Crippen LogP contribution in [0.2, 0.25) is 0 Å². The van der Waals surface area contributed by atoms with Crippen molar-refractivity contribution in [2.24, 2.45) is 0 Å². The first-order valence-electron chi connectivity index (χ1n) is 11.0. The smallest absolute Gasteiger partial charge is 0.225 e. The number of aromatic nitrogens is 2. The Kier molecular flexibility index (Phi) is 10.3. The molecule has 1 aromatic carbocycles. The van der Waals surface area contributed by atoms with Crippen LogP contribution in [0.25, 0.3) is 0 Å². The molecule has 1 fully saturated rings. The summed E-state index contributed by atoms with van der Waals surface area (Å²) in [7, 11) is 1.69. The van der Waals surface area contributed by atoms with Gasteiger partial charge in [-0.05, 0) is 31.2 Å². The summed E-state index contributed by atoms with van der Waals surface area (Å²) in [5.74, 6) is 2.49. The average molecular weight is 484 g/mol. The second-order valence-corrected chi connectivity index (χ2v) is 7.94. The van der Waals surface area contributed by atoms with E-state index in [0.29, 0.717) is 6.61 Å². The summed E-state index contributed by atoms with van der Waals surface area (Å²) in [5, 5.41) is 0. The SMILES string of the molecule is CCOc1ccc(CN2CCc3nc(N4CCN(CC)CC4)ncc3C2)cc1OC.Cl.Cl. The molecule has 0 N–H and O–H groups in total. The number of piperazine rings is 1. The number of methoxy groups -OCH3 is 1. The molecule has 2 aliphatic heterocycles. The lowest BCUT2D eigenvalue weighted by Gasteiger charge is -2.35. The molecule has 0 atom stereocenters. The molecule has 32 heavy (non-hydrogen) atoms. The summed E-state index contributed by atoms with van der Waals surface area (Å²) < 4.78 is 11.1. The minimum absolute atomic E-state index is 0. The molecule has 1 aromatic heterocycles. The third kappa shape index (κ3) is 6.16. The molecule has 0 radical (unpaired) electrons. The van der Waals surface area contributed by atoms with E-state index in [-0.39, 0.29) is 24.8 Å². The van der Waals surface area contributed by atoms with Gasteiger partial charge in [0.15, 0.2) is 11.5 Å². The van der Waals surface area contributed by atoms with Gasteiger partial charge in [0, 0.05) is 64.0 Å². The molecule has 0 aliphatic carbocycles. The van der Waals surface area contributed by atoms with Gasteiger partial charge in [0.2, 0.25) is 5.95 Å². The highest BCUT2D eigenvalue weighted by Gasteiger charge is 2.22. The normalized spacial score (nSPS) is 16.5. The Labute approximate surface area is 203 Å². The van der Waals surface area contributed by atoms with E-state index in [9.17, 15) is 0 Å². The van der Waals surface area contributed by atoms with Crippen molar-refractivity contribution in [1.82, 2.24) is 19.8 Å². The van der Waals surface area contributed by atoms with E-state index < -0.39 is 0 Å². The molecule has 1 saturated heterocycles. The van der Waals surface area contributed by atoms with Crippen molar-refractivity contribution in [3.05, 3.63) is 41.2 Å². The van der Waals surface area contributed by atoms with E-state index in [1.165, 1.54) is 16.8 Å². The van der Waals surface area contributed by atoms with Crippen LogP contribution in [-0.2, 0) is 19.5 Å². The number of anilines is 1. The zero-order chi connectivity index (χ0) is 20.9. The Balaban J connectivity index is 0.00000181. The summed E-state index contributed by atoms with van der Waals surface area (Å²) in [6, 6.07) is 6.21. The van der Waals surface area contributed by atoms with Gasteiger partial charge < -0.3 is 19.3 Å². The molecule has 178 valence electrons. The minimum atomic E-state index is 0. The summed E-state index contributed by atoms with van der Waals surface area (Å²) in [6.45, 7) is 12.9. The van der Waals surface area contributed by atoms with Gasteiger partial charge in [-0.15, -0.1) is 24.8 Å². The molecule has 3 heterocycles. The largest absolute Gasteiger partial charge is 0.493 e. The molecular formula is C23H35Cl2N5O2. The topological polar surface area (TPSA) is 54.0 Å². The van der Waals surface area contributed by atoms with Crippen molar-refractivity contribution in [2.45, 2.75) is 33.4 Å². The Morgan fingerprint density at radius 3 is 2.44 bits per heavy atom. The Morgan fingerprint density at radius 2 is 1.75 bits per heavy atom. The molecule has 2 aromatic rings. The van der Waals surface area contributed by atoms with Crippen molar-refractivity contribution in [3.8, 4) is 11.5 Å². The minimum Gasteiger partial charge on any atom is -0.493 e. The van der Waals surface area contributed by atoms with E-state index in [1.54, 1.807) is 7.11 Å². The van der Waals surface area contributed by atoms with Crippen LogP contribution < -0.4 is 14.4 Å². The number of benzene rings is 1. The van der Waals surface area contributed by atoms with E-state index >= 15 is 0 Å². The summed E-state index contributed by atoms with van der Waals surface area (Å²) >= 11 is 0. The highest BCUT2D eigenvalue weighted by atomic mass is 35.5. The van der Waals surface area contributed by atoms with E-state index in [2.05, 4.69) is 33.8 Å². The average Bonchev–Trinajstić information content (AvgIpc) is 2.80. The van der Waals surface area contributed by atoms with Gasteiger partial charge in [-0.2, -0.15) is 0 Å². The van der Waals surface area contributed by atoms with E-state index in [1.807, 2.05) is 19.2 Å². The summed E-state index contributed by atoms with van der Waals surface area (Å²) in [4.78, 5) is 16.9. The van der Waals surface area contributed by atoms with Gasteiger partial charge in [0.1, 0.15) is 0 Å². The highest BCUT2D eigenvalue weighted by Crippen LogP contribution is 2.29. The number of hydrogen-bond acceptors (Lipinski definition) is 7. The van der Waals surface area contributed by atoms with Gasteiger partial charge in [0.05, 0.1) is 19.4 Å². The van der Waals surface area contributed by atoms with Crippen LogP contribution in [-0.4, -0.2) is 72.8 Å². The van der Waals surface area contributed by atoms with Gasteiger partial charge in [-0.25, -0.2) is 9.97 Å². The molecule has 4 rings (SSSR count). The fourth-order valence-corrected chi connectivity index (χ4v) is 4.26. The fourth-order valence-electron chi connectivity index (χ4n) is 4.26. The van der Waals surface area contributed by atoms with Gasteiger partial charge in [-0.3, -0.25) is 4.90 Å². The predicted octanol–water partition coefficient (Wildman–Crippen LogP) is 3.43. The lowest BCUT2D eigenvalue weighted by atomic mass is 10.1. The maximum Gasteiger partial charge on any atom is 0.225 e. The van der Waals surface area contributed by atoms with Gasteiger partial charge >= 0.3 is 0 Å². The maximum atomic E-state index is 5.63. The lowest BCUT2D eigenvalue weighted by Crippen LogP contribution is -2.47. The molecular weight excluding hydrogens is 449 g/mol. The maximum absolute atomic E-state index is 5.63. The standard InChI is InChI=1S/C23H33N5O2.2ClH/c1-4-26-10-12-28(13-11-26)23-24-15-19-17-27(9-8-20(19)25-23)16-18-6-7-21(30-5-2)22(14-18)29-3;;/h6-7,14-15H,4-5,8-13,16-17H2,1-3H3;2*1H. The summed E-state index contributed by atoms with van der Waals surface area (Å²) in [5.41, 5.74) is 3.68. The first-order chi connectivity index (χ1) is 14.7. The number of halogens is 2. The number of hydrogen-bond donors (Lipinski definition) is 0. The van der Waals surface area contributed by atoms with Crippen LogP contribution in [0.5, 0.6) is 11.5 Å². The van der Waals surface area contributed by atoms with Crippen LogP contribution in [0.1, 0.15) is 30.7 Å². The van der Waals surface area contributed by atoms with Crippen molar-refractivity contribution >= 4 is 30.8 Å². The Morgan fingerprint density at radius 1 is 0.969 bits per heavy atom. The number of rotatable bonds is 7. The third-order valence-corrected chi connectivity index (χ3v) is 6.04. The molecule has 7 nitrogen and oxygen atoms in total. The highest BCUT2D eigenvalue weighted by molar-refractivity contribution is 5.85. The lowest BCUT2D eigenvalue weighted by molar-refractivity contribution is 0.241. The molecule has 2 aliphatic rings. The van der Waals surface area contributed by atoms with E-state index in [4.69, 9.17) is 19.4 Å². The number of likely N-dealkylation sites (N-methyl/N-ethyl adjacent to an activating group) is 1. The van der Waals surface area contributed by atoms with Gasteiger partial charge in [0.25, 0.3) is 0 Å². The molecule has 0 amide bonds. The zero-order valence-electron chi connectivity index (χ0n) is 19.2. The number of ether oxygens (including phenoxy) is 2. The monoisotopic (exact) mass is 483 g/mol. The van der Waals surface area contributed by atoms with Crippen molar-refractivity contribution in [1.29, 1.82) is 0 Å². The quantitative estimate of drug-likeness (QED) is 0.597. The predicted molar refractivity (Wildman–Crippen MR) is 133 cm³/mol. The Bertz CT molecular complexity index is 862. The first kappa shape index (κ1) is 26.5. The second kappa shape index (κ2) is 12.4. The second-order valence-electron chi connectivity index (χ2n) is 7.94. The summed E-state index contributed by atoms with van der Waals surface area (Å²) in [6.07, 6.45) is 3.00.